The highest BCUT2D eigenvalue weighted by Crippen LogP contribution is 2.32. The van der Waals surface area contributed by atoms with Gasteiger partial charge >= 0.3 is 0 Å². The van der Waals surface area contributed by atoms with Crippen molar-refractivity contribution in [1.29, 1.82) is 0 Å². The third kappa shape index (κ3) is 2.16. The Balaban J connectivity index is 1.83. The Bertz CT molecular complexity index is 551. The van der Waals surface area contributed by atoms with E-state index in [2.05, 4.69) is 22.4 Å². The Hall–Kier alpha value is -1.68. The van der Waals surface area contributed by atoms with E-state index < -0.39 is 0 Å². The van der Waals surface area contributed by atoms with Crippen molar-refractivity contribution in [2.24, 2.45) is 0 Å². The van der Waals surface area contributed by atoms with Gasteiger partial charge in [-0.25, -0.2) is 4.98 Å². The van der Waals surface area contributed by atoms with Crippen LogP contribution in [-0.2, 0) is 11.2 Å². The van der Waals surface area contributed by atoms with Crippen molar-refractivity contribution in [1.82, 2.24) is 4.98 Å². The molecule has 18 heavy (non-hydrogen) atoms. The molecular weight excluding hydrogens is 244 g/mol. The number of rotatable bonds is 2. The normalized spacial score (nSPS) is 18.1. The summed E-state index contributed by atoms with van der Waals surface area (Å²) in [6, 6.07) is 8.24. The Kier molecular flexibility index (Phi) is 3.11. The molecule has 3 rings (SSSR count). The van der Waals surface area contributed by atoms with E-state index >= 15 is 0 Å². The minimum Gasteiger partial charge on any atom is -0.301 e. The molecule has 1 aliphatic rings. The van der Waals surface area contributed by atoms with E-state index in [1.807, 2.05) is 17.5 Å². The van der Waals surface area contributed by atoms with Crippen molar-refractivity contribution in [3.8, 4) is 0 Å². The third-order valence-corrected chi connectivity index (χ3v) is 4.04. The van der Waals surface area contributed by atoms with E-state index in [9.17, 15) is 4.79 Å². The first-order valence-electron chi connectivity index (χ1n) is 6.13. The SMILES string of the molecule is O=C(Nc1nccs1)[C@@H]1CCCc2ccccc21. The molecule has 1 atom stereocenters. The average molecular weight is 258 g/mol. The first-order chi connectivity index (χ1) is 8.84. The van der Waals surface area contributed by atoms with E-state index in [0.717, 1.165) is 19.3 Å². The number of aryl methyl sites for hydroxylation is 1. The molecule has 0 bridgehead atoms. The zero-order chi connectivity index (χ0) is 12.4. The van der Waals surface area contributed by atoms with Crippen LogP contribution in [0.15, 0.2) is 35.8 Å². The molecule has 1 aromatic heterocycles. The van der Waals surface area contributed by atoms with E-state index in [0.29, 0.717) is 5.13 Å². The lowest BCUT2D eigenvalue weighted by Gasteiger charge is -2.24. The standard InChI is InChI=1S/C14H14N2OS/c17-13(16-14-15-8-9-18-14)12-7-3-5-10-4-1-2-6-11(10)12/h1-2,4,6,8-9,12H,3,5,7H2,(H,15,16,17)/t12-/m1/s1. The summed E-state index contributed by atoms with van der Waals surface area (Å²) in [5.74, 6) is 0.0379. The molecule has 0 aliphatic heterocycles. The summed E-state index contributed by atoms with van der Waals surface area (Å²) in [4.78, 5) is 16.4. The molecule has 0 spiro atoms. The van der Waals surface area contributed by atoms with Crippen molar-refractivity contribution < 1.29 is 4.79 Å². The van der Waals surface area contributed by atoms with Gasteiger partial charge in [0.15, 0.2) is 5.13 Å². The Morgan fingerprint density at radius 1 is 1.39 bits per heavy atom. The Labute approximate surface area is 110 Å². The predicted molar refractivity (Wildman–Crippen MR) is 72.9 cm³/mol. The molecule has 0 fully saturated rings. The van der Waals surface area contributed by atoms with Gasteiger partial charge in [-0.05, 0) is 30.4 Å². The van der Waals surface area contributed by atoms with Gasteiger partial charge in [-0.2, -0.15) is 0 Å². The monoisotopic (exact) mass is 258 g/mol. The number of amides is 1. The fourth-order valence-electron chi connectivity index (χ4n) is 2.50. The molecule has 4 heteroatoms. The fraction of sp³-hybridized carbons (Fsp3) is 0.286. The minimum absolute atomic E-state index is 0.0288. The van der Waals surface area contributed by atoms with Crippen LogP contribution in [0.4, 0.5) is 5.13 Å². The maximum absolute atomic E-state index is 12.3. The van der Waals surface area contributed by atoms with Gasteiger partial charge < -0.3 is 5.32 Å². The summed E-state index contributed by atoms with van der Waals surface area (Å²) in [5.41, 5.74) is 2.49. The molecule has 1 N–H and O–H groups in total. The zero-order valence-electron chi connectivity index (χ0n) is 9.93. The second-order valence-corrected chi connectivity index (χ2v) is 5.36. The van der Waals surface area contributed by atoms with Gasteiger partial charge in [0.2, 0.25) is 5.91 Å². The largest absolute Gasteiger partial charge is 0.301 e. The molecule has 1 aromatic carbocycles. The second kappa shape index (κ2) is 4.90. The maximum Gasteiger partial charge on any atom is 0.233 e. The lowest BCUT2D eigenvalue weighted by Crippen LogP contribution is -2.24. The molecule has 0 radical (unpaired) electrons. The van der Waals surface area contributed by atoms with E-state index in [-0.39, 0.29) is 11.8 Å². The number of carbonyl (C=O) groups excluding carboxylic acids is 1. The summed E-state index contributed by atoms with van der Waals surface area (Å²) in [6.45, 7) is 0. The smallest absolute Gasteiger partial charge is 0.233 e. The quantitative estimate of drug-likeness (QED) is 0.898. The van der Waals surface area contributed by atoms with E-state index in [4.69, 9.17) is 0 Å². The number of hydrogen-bond acceptors (Lipinski definition) is 3. The number of nitrogens with one attached hydrogen (secondary N) is 1. The summed E-state index contributed by atoms with van der Waals surface area (Å²) in [5, 5.41) is 5.45. The van der Waals surface area contributed by atoms with Crippen molar-refractivity contribution in [2.75, 3.05) is 5.32 Å². The molecule has 1 amide bonds. The summed E-state index contributed by atoms with van der Waals surface area (Å²) >= 11 is 1.45. The number of hydrogen-bond donors (Lipinski definition) is 1. The Morgan fingerprint density at radius 2 is 2.28 bits per heavy atom. The first kappa shape index (κ1) is 11.4. The lowest BCUT2D eigenvalue weighted by atomic mass is 9.82. The highest BCUT2D eigenvalue weighted by Gasteiger charge is 2.26. The topological polar surface area (TPSA) is 42.0 Å². The lowest BCUT2D eigenvalue weighted by molar-refractivity contribution is -0.117. The van der Waals surface area contributed by atoms with Gasteiger partial charge in [-0.15, -0.1) is 11.3 Å². The maximum atomic E-state index is 12.3. The summed E-state index contributed by atoms with van der Waals surface area (Å²) in [6.07, 6.45) is 4.79. The summed E-state index contributed by atoms with van der Waals surface area (Å²) in [7, 11) is 0. The highest BCUT2D eigenvalue weighted by molar-refractivity contribution is 7.13. The van der Waals surface area contributed by atoms with Crippen LogP contribution < -0.4 is 5.32 Å². The van der Waals surface area contributed by atoms with Gasteiger partial charge in [-0.3, -0.25) is 4.79 Å². The fourth-order valence-corrected chi connectivity index (χ4v) is 3.04. The van der Waals surface area contributed by atoms with Crippen molar-refractivity contribution >= 4 is 22.4 Å². The predicted octanol–water partition coefficient (Wildman–Crippen LogP) is 3.20. The molecule has 0 unspecified atom stereocenters. The number of nitrogens with zero attached hydrogens (tertiary/aromatic N) is 1. The van der Waals surface area contributed by atoms with Gasteiger partial charge in [0, 0.05) is 11.6 Å². The van der Waals surface area contributed by atoms with Gasteiger partial charge in [-0.1, -0.05) is 24.3 Å². The third-order valence-electron chi connectivity index (χ3n) is 3.35. The Morgan fingerprint density at radius 3 is 3.11 bits per heavy atom. The minimum atomic E-state index is -0.0288. The number of thiazole rings is 1. The van der Waals surface area contributed by atoms with Crippen LogP contribution in [0.25, 0.3) is 0 Å². The first-order valence-corrected chi connectivity index (χ1v) is 7.01. The summed E-state index contributed by atoms with van der Waals surface area (Å²) < 4.78 is 0. The van der Waals surface area contributed by atoms with Gasteiger partial charge in [0.05, 0.1) is 5.92 Å². The number of fused-ring (bicyclic) bond motifs is 1. The van der Waals surface area contributed by atoms with Crippen LogP contribution >= 0.6 is 11.3 Å². The average Bonchev–Trinajstić information content (AvgIpc) is 2.91. The molecule has 0 saturated carbocycles. The molecule has 1 aliphatic carbocycles. The molecule has 92 valence electrons. The molecular formula is C14H14N2OS. The number of benzene rings is 1. The van der Waals surface area contributed by atoms with Crippen LogP contribution in [0.5, 0.6) is 0 Å². The number of carbonyl (C=O) groups is 1. The zero-order valence-corrected chi connectivity index (χ0v) is 10.7. The van der Waals surface area contributed by atoms with E-state index in [1.165, 1.54) is 22.5 Å². The second-order valence-electron chi connectivity index (χ2n) is 4.47. The molecule has 1 heterocycles. The number of anilines is 1. The molecule has 3 nitrogen and oxygen atoms in total. The van der Waals surface area contributed by atoms with Crippen molar-refractivity contribution in [3.05, 3.63) is 47.0 Å². The number of aromatic nitrogens is 1. The van der Waals surface area contributed by atoms with Gasteiger partial charge in [0.1, 0.15) is 0 Å². The highest BCUT2D eigenvalue weighted by atomic mass is 32.1. The van der Waals surface area contributed by atoms with Crippen LogP contribution in [0, 0.1) is 0 Å². The van der Waals surface area contributed by atoms with Gasteiger partial charge in [0.25, 0.3) is 0 Å². The van der Waals surface area contributed by atoms with Crippen LogP contribution in [0.2, 0.25) is 0 Å². The van der Waals surface area contributed by atoms with Crippen molar-refractivity contribution in [2.45, 2.75) is 25.2 Å². The molecule has 2 aromatic rings. The van der Waals surface area contributed by atoms with Crippen LogP contribution in [-0.4, -0.2) is 10.9 Å². The molecule has 0 saturated heterocycles. The van der Waals surface area contributed by atoms with E-state index in [1.54, 1.807) is 6.20 Å². The van der Waals surface area contributed by atoms with Crippen LogP contribution in [0.1, 0.15) is 29.9 Å². The van der Waals surface area contributed by atoms with Crippen LogP contribution in [0.3, 0.4) is 0 Å². The van der Waals surface area contributed by atoms with Crippen molar-refractivity contribution in [3.63, 3.8) is 0 Å².